The Morgan fingerprint density at radius 2 is 2.17 bits per heavy atom. The third kappa shape index (κ3) is 2.25. The topological polar surface area (TPSA) is 42.1 Å². The van der Waals surface area contributed by atoms with Crippen LogP contribution in [0.3, 0.4) is 0 Å². The molecule has 0 spiro atoms. The Hall–Kier alpha value is -1.42. The van der Waals surface area contributed by atoms with Crippen molar-refractivity contribution >= 4 is 28.6 Å². The number of para-hydroxylation sites is 1. The number of hydrogen-bond acceptors (Lipinski definition) is 3. The number of hydrogen-bond donors (Lipinski definition) is 1. The van der Waals surface area contributed by atoms with Crippen molar-refractivity contribution in [2.75, 3.05) is 12.9 Å². The fourth-order valence-corrected chi connectivity index (χ4v) is 2.85. The summed E-state index contributed by atoms with van der Waals surface area (Å²) < 4.78 is 5.12. The minimum Gasteiger partial charge on any atom is -0.465 e. The first kappa shape index (κ1) is 13.0. The minimum absolute atomic E-state index is 0.181. The summed E-state index contributed by atoms with van der Waals surface area (Å²) in [6.45, 7) is 4.28. The van der Waals surface area contributed by atoms with Crippen LogP contribution >= 0.6 is 11.8 Å². The van der Waals surface area contributed by atoms with E-state index in [2.05, 4.69) is 11.1 Å². The van der Waals surface area contributed by atoms with E-state index in [1.807, 2.05) is 38.3 Å². The second-order valence-electron chi connectivity index (χ2n) is 4.08. The molecule has 1 atom stereocenters. The molecule has 3 nitrogen and oxygen atoms in total. The summed E-state index contributed by atoms with van der Waals surface area (Å²) in [5, 5.41) is 0.883. The van der Waals surface area contributed by atoms with Crippen molar-refractivity contribution in [3.05, 3.63) is 35.5 Å². The van der Waals surface area contributed by atoms with Crippen molar-refractivity contribution < 1.29 is 9.53 Å². The highest BCUT2D eigenvalue weighted by Crippen LogP contribution is 2.33. The lowest BCUT2D eigenvalue weighted by molar-refractivity contribution is -0.142. The van der Waals surface area contributed by atoms with Gasteiger partial charge in [0.1, 0.15) is 5.25 Å². The molecule has 0 radical (unpaired) electrons. The molecule has 1 heterocycles. The van der Waals surface area contributed by atoms with Crippen LogP contribution in [-0.4, -0.2) is 23.8 Å². The second kappa shape index (κ2) is 5.48. The van der Waals surface area contributed by atoms with E-state index < -0.39 is 0 Å². The third-order valence-corrected chi connectivity index (χ3v) is 3.90. The quantitative estimate of drug-likeness (QED) is 0.859. The number of H-pyrrole nitrogens is 1. The van der Waals surface area contributed by atoms with Gasteiger partial charge >= 0.3 is 5.97 Å². The lowest BCUT2D eigenvalue weighted by Crippen LogP contribution is -2.14. The molecule has 0 saturated heterocycles. The highest BCUT2D eigenvalue weighted by Gasteiger charge is 2.25. The van der Waals surface area contributed by atoms with E-state index in [0.717, 1.165) is 22.2 Å². The summed E-state index contributed by atoms with van der Waals surface area (Å²) in [5.74, 6) is -0.181. The number of carbonyl (C=O) groups is 1. The number of aryl methyl sites for hydroxylation is 1. The van der Waals surface area contributed by atoms with Crippen LogP contribution in [0.2, 0.25) is 0 Å². The maximum Gasteiger partial charge on any atom is 0.325 e. The van der Waals surface area contributed by atoms with E-state index in [0.29, 0.717) is 6.61 Å². The van der Waals surface area contributed by atoms with E-state index in [9.17, 15) is 4.79 Å². The lowest BCUT2D eigenvalue weighted by atomic mass is 10.1. The average Bonchev–Trinajstić information content (AvgIpc) is 2.69. The average molecular weight is 263 g/mol. The molecular formula is C14H17NO2S. The Morgan fingerprint density at radius 3 is 2.78 bits per heavy atom. The molecule has 2 rings (SSSR count). The second-order valence-corrected chi connectivity index (χ2v) is 5.02. The number of esters is 1. The Kier molecular flexibility index (Phi) is 3.97. The number of nitrogens with one attached hydrogen (secondary N) is 1. The first-order valence-electron chi connectivity index (χ1n) is 5.95. The van der Waals surface area contributed by atoms with Gasteiger partial charge in [0.15, 0.2) is 0 Å². The fraction of sp³-hybridized carbons (Fsp3) is 0.357. The van der Waals surface area contributed by atoms with E-state index in [1.54, 1.807) is 0 Å². The minimum atomic E-state index is -0.280. The number of fused-ring (bicyclic) bond motifs is 1. The van der Waals surface area contributed by atoms with Crippen LogP contribution < -0.4 is 0 Å². The molecule has 96 valence electrons. The van der Waals surface area contributed by atoms with Gasteiger partial charge in [-0.25, -0.2) is 0 Å². The highest BCUT2D eigenvalue weighted by atomic mass is 32.2. The Morgan fingerprint density at radius 1 is 1.44 bits per heavy atom. The van der Waals surface area contributed by atoms with Gasteiger partial charge in [-0.2, -0.15) is 0 Å². The first-order chi connectivity index (χ1) is 8.69. The molecule has 1 N–H and O–H groups in total. The van der Waals surface area contributed by atoms with Gasteiger partial charge < -0.3 is 9.72 Å². The molecule has 0 saturated carbocycles. The molecule has 1 aromatic heterocycles. The van der Waals surface area contributed by atoms with Crippen molar-refractivity contribution in [3.63, 3.8) is 0 Å². The Balaban J connectivity index is 2.45. The monoisotopic (exact) mass is 263 g/mol. The van der Waals surface area contributed by atoms with Crippen molar-refractivity contribution in [2.24, 2.45) is 0 Å². The van der Waals surface area contributed by atoms with Gasteiger partial charge in [0, 0.05) is 16.6 Å². The van der Waals surface area contributed by atoms with Crippen LogP contribution in [0.15, 0.2) is 24.3 Å². The molecule has 0 amide bonds. The molecule has 18 heavy (non-hydrogen) atoms. The van der Waals surface area contributed by atoms with Gasteiger partial charge in [0.05, 0.1) is 6.61 Å². The molecule has 0 aliphatic carbocycles. The molecule has 1 unspecified atom stereocenters. The number of benzene rings is 1. The molecule has 0 bridgehead atoms. The number of carbonyl (C=O) groups excluding carboxylic acids is 1. The third-order valence-electron chi connectivity index (χ3n) is 3.00. The molecule has 0 aliphatic rings. The first-order valence-corrected chi connectivity index (χ1v) is 7.24. The van der Waals surface area contributed by atoms with Gasteiger partial charge in [0.25, 0.3) is 0 Å². The maximum absolute atomic E-state index is 11.9. The van der Waals surface area contributed by atoms with Crippen LogP contribution in [0.1, 0.15) is 23.4 Å². The van der Waals surface area contributed by atoms with Gasteiger partial charge in [-0.05, 0) is 31.7 Å². The van der Waals surface area contributed by atoms with Crippen molar-refractivity contribution in [1.29, 1.82) is 0 Å². The number of aromatic amines is 1. The van der Waals surface area contributed by atoms with Crippen LogP contribution in [0.5, 0.6) is 0 Å². The van der Waals surface area contributed by atoms with Gasteiger partial charge in [-0.3, -0.25) is 4.79 Å². The van der Waals surface area contributed by atoms with E-state index >= 15 is 0 Å². The number of ether oxygens (including phenoxy) is 1. The molecular weight excluding hydrogens is 246 g/mol. The highest BCUT2D eigenvalue weighted by molar-refractivity contribution is 7.99. The summed E-state index contributed by atoms with van der Waals surface area (Å²) in [7, 11) is 0. The number of thioether (sulfide) groups is 1. The standard InChI is InChI=1S/C14H17NO2S/c1-4-17-14(16)13(18-3)12-9(2)10-7-5-6-8-11(10)15-12/h5-8,13,15H,4H2,1-3H3. The molecule has 0 aliphatic heterocycles. The molecule has 4 heteroatoms. The van der Waals surface area contributed by atoms with Crippen LogP contribution in [-0.2, 0) is 9.53 Å². The number of rotatable bonds is 4. The SMILES string of the molecule is CCOC(=O)C(SC)c1[nH]c2ccccc2c1C. The zero-order chi connectivity index (χ0) is 13.1. The maximum atomic E-state index is 11.9. The fourth-order valence-electron chi connectivity index (χ4n) is 2.12. The summed E-state index contributed by atoms with van der Waals surface area (Å²) >= 11 is 1.49. The van der Waals surface area contributed by atoms with E-state index in [-0.39, 0.29) is 11.2 Å². The van der Waals surface area contributed by atoms with Crippen LogP contribution in [0, 0.1) is 6.92 Å². The lowest BCUT2D eigenvalue weighted by Gasteiger charge is -2.12. The zero-order valence-corrected chi connectivity index (χ0v) is 11.6. The predicted octanol–water partition coefficient (Wildman–Crippen LogP) is 3.44. The molecule has 0 fully saturated rings. The Bertz CT molecular complexity index is 562. The van der Waals surface area contributed by atoms with Gasteiger partial charge in [-0.15, -0.1) is 11.8 Å². The summed E-state index contributed by atoms with van der Waals surface area (Å²) in [6.07, 6.45) is 1.92. The van der Waals surface area contributed by atoms with Crippen LogP contribution in [0.25, 0.3) is 10.9 Å². The van der Waals surface area contributed by atoms with Gasteiger partial charge in [0.2, 0.25) is 0 Å². The van der Waals surface area contributed by atoms with Crippen molar-refractivity contribution in [1.82, 2.24) is 4.98 Å². The predicted molar refractivity (Wildman–Crippen MR) is 75.9 cm³/mol. The van der Waals surface area contributed by atoms with Crippen molar-refractivity contribution in [2.45, 2.75) is 19.1 Å². The molecule has 1 aromatic carbocycles. The molecule has 2 aromatic rings. The zero-order valence-electron chi connectivity index (χ0n) is 10.8. The van der Waals surface area contributed by atoms with Crippen LogP contribution in [0.4, 0.5) is 0 Å². The summed E-state index contributed by atoms with van der Waals surface area (Å²) in [6, 6.07) is 8.08. The van der Waals surface area contributed by atoms with Gasteiger partial charge in [-0.1, -0.05) is 18.2 Å². The Labute approximate surface area is 111 Å². The number of aromatic nitrogens is 1. The van der Waals surface area contributed by atoms with E-state index in [1.165, 1.54) is 11.8 Å². The normalized spacial score (nSPS) is 12.6. The largest absolute Gasteiger partial charge is 0.465 e. The smallest absolute Gasteiger partial charge is 0.325 e. The van der Waals surface area contributed by atoms with Crippen molar-refractivity contribution in [3.8, 4) is 0 Å². The summed E-state index contributed by atoms with van der Waals surface area (Å²) in [5.41, 5.74) is 3.13. The summed E-state index contributed by atoms with van der Waals surface area (Å²) in [4.78, 5) is 15.3. The van der Waals surface area contributed by atoms with E-state index in [4.69, 9.17) is 4.74 Å².